The van der Waals surface area contributed by atoms with Gasteiger partial charge in [-0.1, -0.05) is 0 Å². The second-order valence-corrected chi connectivity index (χ2v) is 24.5. The standard InChI is InChI=1S/C15H20F6O2.2C10H17NO.2Ga/c16-14(17,18)13(15(19,20)21,9-1-5-11(22)6-2-9)10-3-7-12(23)8-4-10;2*1-7-5-6-8-3-2-4-9(12)10(8)11-7;;/h9-12H,1-8H2;2*7-10H,2-6H2,1H3;;/q3*-2;2*+3. The maximum atomic E-state index is 15.2. The average Bonchev–Trinajstić information content (AvgIpc) is 3.61. The third-order valence-electron chi connectivity index (χ3n) is 14.7. The third-order valence-corrected chi connectivity index (χ3v) is 25.4. The summed E-state index contributed by atoms with van der Waals surface area (Å²) in [5, 5.41) is 0. The van der Waals surface area contributed by atoms with E-state index in [0.717, 1.165) is 38.5 Å². The van der Waals surface area contributed by atoms with Crippen molar-refractivity contribution < 1.29 is 40.5 Å². The normalized spacial score (nSPS) is 43.8. The van der Waals surface area contributed by atoms with Crippen LogP contribution in [0.5, 0.6) is 0 Å². The van der Waals surface area contributed by atoms with Gasteiger partial charge in [-0.25, -0.2) is 0 Å². The molecule has 0 aromatic heterocycles. The van der Waals surface area contributed by atoms with E-state index in [0.29, 0.717) is 36.0 Å². The van der Waals surface area contributed by atoms with Crippen LogP contribution in [-0.4, -0.2) is 103 Å². The van der Waals surface area contributed by atoms with Crippen molar-refractivity contribution >= 4 is 34.4 Å². The van der Waals surface area contributed by atoms with Crippen LogP contribution in [0.25, 0.3) is 0 Å². The van der Waals surface area contributed by atoms with Gasteiger partial charge in [-0.05, 0) is 0 Å². The van der Waals surface area contributed by atoms with E-state index in [4.69, 9.17) is 14.1 Å². The van der Waals surface area contributed by atoms with Gasteiger partial charge in [0.2, 0.25) is 0 Å². The molecule has 276 valence electrons. The van der Waals surface area contributed by atoms with E-state index in [-0.39, 0.29) is 75.8 Å². The van der Waals surface area contributed by atoms with Gasteiger partial charge in [-0.2, -0.15) is 0 Å². The van der Waals surface area contributed by atoms with Crippen LogP contribution in [0.1, 0.15) is 129 Å². The predicted molar refractivity (Wildman–Crippen MR) is 173 cm³/mol. The number of nitrogens with zero attached hydrogens (tertiary/aromatic N) is 2. The first-order valence-electron chi connectivity index (χ1n) is 19.7. The van der Waals surface area contributed by atoms with E-state index < -0.39 is 64.0 Å². The molecule has 4 saturated carbocycles. The van der Waals surface area contributed by atoms with Gasteiger partial charge >= 0.3 is 301 Å². The van der Waals surface area contributed by atoms with Crippen molar-refractivity contribution in [1.82, 2.24) is 7.21 Å². The summed E-state index contributed by atoms with van der Waals surface area (Å²) in [7, 11) is 0. The molecule has 8 aliphatic rings. The van der Waals surface area contributed by atoms with E-state index >= 15 is 26.3 Å². The molecule has 4 aliphatic carbocycles. The Morgan fingerprint density at radius 2 is 0.898 bits per heavy atom. The second kappa shape index (κ2) is 14.0. The minimum absolute atomic E-state index is 0.123. The predicted octanol–water partition coefficient (Wildman–Crippen LogP) is 8.32. The van der Waals surface area contributed by atoms with E-state index in [9.17, 15) is 0 Å². The first-order valence-corrected chi connectivity index (χ1v) is 25.8. The summed E-state index contributed by atoms with van der Waals surface area (Å²) in [6.07, 6.45) is 0.688. The van der Waals surface area contributed by atoms with Crippen molar-refractivity contribution in [2.45, 2.75) is 190 Å². The molecule has 4 heterocycles. The zero-order valence-electron chi connectivity index (χ0n) is 29.1. The molecule has 0 bridgehead atoms. The van der Waals surface area contributed by atoms with Crippen LogP contribution < -0.4 is 0 Å². The van der Waals surface area contributed by atoms with Crippen LogP contribution in [0.2, 0.25) is 0 Å². The third kappa shape index (κ3) is 6.39. The fourth-order valence-corrected chi connectivity index (χ4v) is 24.3. The average molecular weight is 820 g/mol. The fraction of sp³-hybridized carbons (Fsp3) is 1.00. The number of hydrogen-bond donors (Lipinski definition) is 0. The zero-order valence-corrected chi connectivity index (χ0v) is 34.0. The number of halogens is 6. The van der Waals surface area contributed by atoms with Gasteiger partial charge in [0.15, 0.2) is 0 Å². The fourth-order valence-electron chi connectivity index (χ4n) is 12.4. The van der Waals surface area contributed by atoms with E-state index in [1.807, 2.05) is 0 Å². The molecular formula is C35H54F6Ga2N2O4. The van der Waals surface area contributed by atoms with Crippen molar-refractivity contribution in [1.29, 1.82) is 0 Å². The van der Waals surface area contributed by atoms with Gasteiger partial charge in [0.25, 0.3) is 0 Å². The van der Waals surface area contributed by atoms with Gasteiger partial charge in [-0.3, -0.25) is 0 Å². The Balaban J connectivity index is 0.927. The molecule has 0 aromatic carbocycles. The second-order valence-electron chi connectivity index (χ2n) is 17.2. The van der Waals surface area contributed by atoms with Crippen LogP contribution in [0.4, 0.5) is 26.3 Å². The molecule has 49 heavy (non-hydrogen) atoms. The quantitative estimate of drug-likeness (QED) is 0.199. The van der Waals surface area contributed by atoms with Crippen LogP contribution in [0, 0.1) is 29.1 Å². The summed E-state index contributed by atoms with van der Waals surface area (Å²) >= 11 is -5.70. The maximum absolute atomic E-state index is 15.2. The molecule has 0 aromatic rings. The van der Waals surface area contributed by atoms with Crippen molar-refractivity contribution in [3.8, 4) is 0 Å². The number of alkyl halides is 6. The molecule has 0 N–H and O–H groups in total. The molecule has 4 saturated heterocycles. The summed E-state index contributed by atoms with van der Waals surface area (Å²) < 4.78 is 122. The van der Waals surface area contributed by atoms with Crippen LogP contribution in [0.3, 0.4) is 0 Å². The van der Waals surface area contributed by atoms with Gasteiger partial charge in [0, 0.05) is 0 Å². The molecule has 8 unspecified atom stereocenters. The number of piperidine rings is 2. The summed E-state index contributed by atoms with van der Waals surface area (Å²) in [5.74, 6) is -1.78. The molecule has 8 rings (SSSR count). The van der Waals surface area contributed by atoms with Crippen LogP contribution >= 0.6 is 0 Å². The Kier molecular flexibility index (Phi) is 10.5. The van der Waals surface area contributed by atoms with Crippen molar-refractivity contribution in [3.63, 3.8) is 0 Å². The number of hydrogen-bond acceptors (Lipinski definition) is 6. The Morgan fingerprint density at radius 1 is 0.510 bits per heavy atom. The van der Waals surface area contributed by atoms with Gasteiger partial charge in [0.05, 0.1) is 0 Å². The molecule has 14 heteroatoms. The molecule has 0 spiro atoms. The molecule has 8 atom stereocenters. The Labute approximate surface area is 300 Å². The first kappa shape index (κ1) is 36.6. The Hall–Kier alpha value is 0.613. The molecule has 8 fully saturated rings. The van der Waals surface area contributed by atoms with E-state index in [1.165, 1.54) is 25.7 Å². The summed E-state index contributed by atoms with van der Waals surface area (Å²) in [5.41, 5.74) is -3.71. The summed E-state index contributed by atoms with van der Waals surface area (Å²) in [6.45, 7) is 4.44. The molecule has 4 aliphatic heterocycles. The topological polar surface area (TPSA) is 43.4 Å². The van der Waals surface area contributed by atoms with Crippen LogP contribution in [0.15, 0.2) is 0 Å². The van der Waals surface area contributed by atoms with Crippen molar-refractivity contribution in [3.05, 3.63) is 0 Å². The van der Waals surface area contributed by atoms with Gasteiger partial charge in [-0.15, -0.1) is 0 Å². The van der Waals surface area contributed by atoms with Crippen molar-refractivity contribution in [2.75, 3.05) is 0 Å². The molecular weight excluding hydrogens is 766 g/mol. The van der Waals surface area contributed by atoms with Crippen molar-refractivity contribution in [2.24, 2.45) is 29.1 Å². The molecule has 0 amide bonds. The summed E-state index contributed by atoms with van der Waals surface area (Å²) in [4.78, 5) is 0. The Bertz CT molecular complexity index is 1080. The molecule has 6 nitrogen and oxygen atoms in total. The number of rotatable bonds is 6. The van der Waals surface area contributed by atoms with E-state index in [2.05, 4.69) is 21.1 Å². The van der Waals surface area contributed by atoms with Gasteiger partial charge in [0.1, 0.15) is 0 Å². The first-order chi connectivity index (χ1) is 23.4. The van der Waals surface area contributed by atoms with Crippen LogP contribution in [-0.2, 0) is 14.1 Å². The monoisotopic (exact) mass is 818 g/mol. The molecule has 0 radical (unpaired) electrons. The summed E-state index contributed by atoms with van der Waals surface area (Å²) in [6, 6.07) is 1.49. The zero-order chi connectivity index (χ0) is 34.3. The van der Waals surface area contributed by atoms with Gasteiger partial charge < -0.3 is 0 Å². The minimum atomic E-state index is -5.39. The Morgan fingerprint density at radius 3 is 1.27 bits per heavy atom. The van der Waals surface area contributed by atoms with E-state index in [1.54, 1.807) is 0 Å². The SMILES string of the molecule is CC1CCC2CCCC3[O][Ga]([O]C4CCC(C(C5CCC([O][Ga]6[O]C7CCCC8CCC(C)[N]6C87)CC5)(C(F)(F)F)C(F)(F)F)CC4)[N]1C23.